The fourth-order valence-corrected chi connectivity index (χ4v) is 1.31. The fraction of sp³-hybridized carbons (Fsp3) is 0.818. The first-order valence-corrected chi connectivity index (χ1v) is 5.71. The van der Waals surface area contributed by atoms with Crippen molar-refractivity contribution in [3.63, 3.8) is 0 Å². The molecule has 16 heavy (non-hydrogen) atoms. The standard InChI is InChI=1S/C11H22N2O3/c1-4-9(5-2)8-12-11(16)13(3)7-6-10(14)15/h9H,4-8H2,1-3H3,(H,12,16)(H,14,15). The number of amides is 2. The van der Waals surface area contributed by atoms with Crippen molar-refractivity contribution in [2.45, 2.75) is 33.1 Å². The van der Waals surface area contributed by atoms with Gasteiger partial charge in [-0.05, 0) is 5.92 Å². The van der Waals surface area contributed by atoms with Crippen LogP contribution in [0, 0.1) is 5.92 Å². The van der Waals surface area contributed by atoms with E-state index < -0.39 is 5.97 Å². The number of aliphatic carboxylic acids is 1. The lowest BCUT2D eigenvalue weighted by molar-refractivity contribution is -0.137. The van der Waals surface area contributed by atoms with Gasteiger partial charge in [0.2, 0.25) is 0 Å². The third kappa shape index (κ3) is 6.27. The first kappa shape index (κ1) is 14.7. The summed E-state index contributed by atoms with van der Waals surface area (Å²) in [6, 6.07) is -0.201. The number of carbonyl (C=O) groups is 2. The van der Waals surface area contributed by atoms with Gasteiger partial charge < -0.3 is 15.3 Å². The molecule has 0 aliphatic rings. The number of rotatable bonds is 7. The predicted octanol–water partition coefficient (Wildman–Crippen LogP) is 1.54. The molecule has 5 heteroatoms. The van der Waals surface area contributed by atoms with Gasteiger partial charge in [0.15, 0.2) is 0 Å². The maximum absolute atomic E-state index is 11.5. The molecule has 5 nitrogen and oxygen atoms in total. The van der Waals surface area contributed by atoms with Crippen LogP contribution in [0.1, 0.15) is 33.1 Å². The topological polar surface area (TPSA) is 69.6 Å². The summed E-state index contributed by atoms with van der Waals surface area (Å²) in [4.78, 5) is 23.2. The lowest BCUT2D eigenvalue weighted by atomic mass is 10.0. The molecular formula is C11H22N2O3. The van der Waals surface area contributed by atoms with Crippen LogP contribution >= 0.6 is 0 Å². The molecule has 0 aromatic carbocycles. The zero-order chi connectivity index (χ0) is 12.6. The minimum atomic E-state index is -0.889. The summed E-state index contributed by atoms with van der Waals surface area (Å²) >= 11 is 0. The highest BCUT2D eigenvalue weighted by Crippen LogP contribution is 2.05. The Kier molecular flexibility index (Phi) is 7.33. The van der Waals surface area contributed by atoms with Gasteiger partial charge in [0.05, 0.1) is 6.42 Å². The van der Waals surface area contributed by atoms with E-state index in [2.05, 4.69) is 19.2 Å². The molecule has 0 saturated heterocycles. The second-order valence-corrected chi connectivity index (χ2v) is 3.93. The molecule has 0 aliphatic carbocycles. The van der Waals surface area contributed by atoms with Gasteiger partial charge in [-0.15, -0.1) is 0 Å². The third-order valence-corrected chi connectivity index (χ3v) is 2.70. The molecule has 0 spiro atoms. The summed E-state index contributed by atoms with van der Waals surface area (Å²) in [6.45, 7) is 5.08. The minimum absolute atomic E-state index is 0.0189. The molecule has 0 bridgehead atoms. The Hall–Kier alpha value is -1.26. The molecule has 0 saturated carbocycles. The smallest absolute Gasteiger partial charge is 0.317 e. The van der Waals surface area contributed by atoms with E-state index in [0.717, 1.165) is 12.8 Å². The number of nitrogens with zero attached hydrogens (tertiary/aromatic N) is 1. The number of carboxylic acid groups (broad SMARTS) is 1. The lowest BCUT2D eigenvalue weighted by Crippen LogP contribution is -2.40. The molecule has 0 aromatic heterocycles. The van der Waals surface area contributed by atoms with Crippen molar-refractivity contribution in [1.29, 1.82) is 0 Å². The molecule has 0 unspecified atom stereocenters. The second kappa shape index (κ2) is 7.96. The van der Waals surface area contributed by atoms with Crippen LogP contribution in [-0.4, -0.2) is 42.1 Å². The summed E-state index contributed by atoms with van der Waals surface area (Å²) in [6.07, 6.45) is 2.06. The highest BCUT2D eigenvalue weighted by atomic mass is 16.4. The summed E-state index contributed by atoms with van der Waals surface area (Å²) in [5.74, 6) is -0.392. The number of nitrogens with one attached hydrogen (secondary N) is 1. The zero-order valence-corrected chi connectivity index (χ0v) is 10.3. The van der Waals surface area contributed by atoms with Crippen LogP contribution in [0.3, 0.4) is 0 Å². The Balaban J connectivity index is 3.82. The predicted molar refractivity (Wildman–Crippen MR) is 62.4 cm³/mol. The Morgan fingerprint density at radius 3 is 2.31 bits per heavy atom. The third-order valence-electron chi connectivity index (χ3n) is 2.70. The van der Waals surface area contributed by atoms with Crippen molar-refractivity contribution in [3.05, 3.63) is 0 Å². The molecule has 0 aromatic rings. The Morgan fingerprint density at radius 1 is 1.31 bits per heavy atom. The Bertz CT molecular complexity index is 227. The van der Waals surface area contributed by atoms with Crippen LogP contribution in [-0.2, 0) is 4.79 Å². The zero-order valence-electron chi connectivity index (χ0n) is 10.3. The van der Waals surface area contributed by atoms with Crippen LogP contribution in [0.15, 0.2) is 0 Å². The van der Waals surface area contributed by atoms with Crippen LogP contribution in [0.4, 0.5) is 4.79 Å². The van der Waals surface area contributed by atoms with E-state index in [4.69, 9.17) is 5.11 Å². The van der Waals surface area contributed by atoms with E-state index in [0.29, 0.717) is 12.5 Å². The van der Waals surface area contributed by atoms with Gasteiger partial charge in [-0.1, -0.05) is 26.7 Å². The Labute approximate surface area is 96.8 Å². The van der Waals surface area contributed by atoms with Crippen molar-refractivity contribution >= 4 is 12.0 Å². The molecule has 2 N–H and O–H groups in total. The summed E-state index contributed by atoms with van der Waals surface area (Å²) < 4.78 is 0. The maximum atomic E-state index is 11.5. The van der Waals surface area contributed by atoms with E-state index in [-0.39, 0.29) is 19.0 Å². The average molecular weight is 230 g/mol. The lowest BCUT2D eigenvalue weighted by Gasteiger charge is -2.19. The van der Waals surface area contributed by atoms with E-state index >= 15 is 0 Å². The highest BCUT2D eigenvalue weighted by molar-refractivity contribution is 5.74. The number of urea groups is 1. The fourth-order valence-electron chi connectivity index (χ4n) is 1.31. The van der Waals surface area contributed by atoms with E-state index in [1.165, 1.54) is 4.90 Å². The average Bonchev–Trinajstić information content (AvgIpc) is 2.26. The van der Waals surface area contributed by atoms with Gasteiger partial charge in [0.25, 0.3) is 0 Å². The van der Waals surface area contributed by atoms with Gasteiger partial charge >= 0.3 is 12.0 Å². The molecule has 94 valence electrons. The van der Waals surface area contributed by atoms with E-state index in [9.17, 15) is 9.59 Å². The normalized spacial score (nSPS) is 10.2. The van der Waals surface area contributed by atoms with Gasteiger partial charge in [-0.25, -0.2) is 4.79 Å². The van der Waals surface area contributed by atoms with Crippen LogP contribution in [0.5, 0.6) is 0 Å². The van der Waals surface area contributed by atoms with Gasteiger partial charge in [0.1, 0.15) is 0 Å². The number of carboxylic acids is 1. The van der Waals surface area contributed by atoms with Crippen LogP contribution < -0.4 is 5.32 Å². The molecule has 0 atom stereocenters. The van der Waals surface area contributed by atoms with Crippen molar-refractivity contribution in [2.24, 2.45) is 5.92 Å². The van der Waals surface area contributed by atoms with Gasteiger partial charge in [-0.3, -0.25) is 4.79 Å². The van der Waals surface area contributed by atoms with Crippen molar-refractivity contribution in [3.8, 4) is 0 Å². The molecule has 0 fully saturated rings. The SMILES string of the molecule is CCC(CC)CNC(=O)N(C)CCC(=O)O. The molecule has 0 radical (unpaired) electrons. The number of hydrogen-bond acceptors (Lipinski definition) is 2. The quantitative estimate of drug-likeness (QED) is 0.697. The molecule has 0 aliphatic heterocycles. The van der Waals surface area contributed by atoms with Gasteiger partial charge in [-0.2, -0.15) is 0 Å². The number of hydrogen-bond donors (Lipinski definition) is 2. The highest BCUT2D eigenvalue weighted by Gasteiger charge is 2.11. The first-order chi connectivity index (χ1) is 7.51. The number of carbonyl (C=O) groups excluding carboxylic acids is 1. The van der Waals surface area contributed by atoms with E-state index in [1.807, 2.05) is 0 Å². The molecule has 0 heterocycles. The van der Waals surface area contributed by atoms with Crippen LogP contribution in [0.2, 0.25) is 0 Å². The second-order valence-electron chi connectivity index (χ2n) is 3.93. The Morgan fingerprint density at radius 2 is 1.88 bits per heavy atom. The van der Waals surface area contributed by atoms with Crippen molar-refractivity contribution in [2.75, 3.05) is 20.1 Å². The summed E-state index contributed by atoms with van der Waals surface area (Å²) in [5, 5.41) is 11.3. The molecule has 2 amide bonds. The van der Waals surface area contributed by atoms with Gasteiger partial charge in [0, 0.05) is 20.1 Å². The monoisotopic (exact) mass is 230 g/mol. The first-order valence-electron chi connectivity index (χ1n) is 5.71. The van der Waals surface area contributed by atoms with E-state index in [1.54, 1.807) is 7.05 Å². The van der Waals surface area contributed by atoms with Crippen molar-refractivity contribution < 1.29 is 14.7 Å². The molecular weight excluding hydrogens is 208 g/mol. The summed E-state index contributed by atoms with van der Waals surface area (Å²) in [7, 11) is 1.60. The maximum Gasteiger partial charge on any atom is 0.317 e. The molecule has 0 rings (SSSR count). The largest absolute Gasteiger partial charge is 0.481 e. The minimum Gasteiger partial charge on any atom is -0.481 e. The van der Waals surface area contributed by atoms with Crippen LogP contribution in [0.25, 0.3) is 0 Å². The summed E-state index contributed by atoms with van der Waals surface area (Å²) in [5.41, 5.74) is 0. The van der Waals surface area contributed by atoms with Crippen molar-refractivity contribution in [1.82, 2.24) is 10.2 Å².